The van der Waals surface area contributed by atoms with Crippen LogP contribution in [0.5, 0.6) is 5.75 Å². The summed E-state index contributed by atoms with van der Waals surface area (Å²) in [6.45, 7) is 0. The van der Waals surface area contributed by atoms with Gasteiger partial charge in [-0.15, -0.1) is 0 Å². The second-order valence-corrected chi connectivity index (χ2v) is 2.01. The zero-order valence-electron chi connectivity index (χ0n) is 8.07. The van der Waals surface area contributed by atoms with Gasteiger partial charge in [0.25, 0.3) is 0 Å². The first-order valence-corrected chi connectivity index (χ1v) is 3.12. The van der Waals surface area contributed by atoms with Gasteiger partial charge in [-0.2, -0.15) is 0 Å². The van der Waals surface area contributed by atoms with Crippen LogP contribution in [-0.2, 0) is 4.74 Å². The SMILES string of the molecule is COC(=O)c1ccccc1O.[H-].[Na+]. The fourth-order valence-corrected chi connectivity index (χ4v) is 0.756. The number of ether oxygens (including phenoxy) is 1. The molecule has 0 aromatic heterocycles. The number of phenolic OH excluding ortho intramolecular Hbond substituents is 1. The first kappa shape index (κ1) is 11.5. The van der Waals surface area contributed by atoms with E-state index in [1.807, 2.05) is 0 Å². The Bertz CT molecular complexity index is 278. The van der Waals surface area contributed by atoms with Crippen LogP contribution >= 0.6 is 0 Å². The van der Waals surface area contributed by atoms with E-state index in [0.29, 0.717) is 0 Å². The van der Waals surface area contributed by atoms with Crippen molar-refractivity contribution < 1.29 is 45.6 Å². The van der Waals surface area contributed by atoms with Gasteiger partial charge >= 0.3 is 35.5 Å². The third-order valence-corrected chi connectivity index (χ3v) is 1.31. The number of para-hydroxylation sites is 1. The Balaban J connectivity index is 0. The minimum atomic E-state index is -0.525. The van der Waals surface area contributed by atoms with E-state index in [1.165, 1.54) is 19.2 Å². The maximum absolute atomic E-state index is 10.9. The average molecular weight is 176 g/mol. The summed E-state index contributed by atoms with van der Waals surface area (Å²) in [4.78, 5) is 10.9. The van der Waals surface area contributed by atoms with Gasteiger partial charge in [0.2, 0.25) is 0 Å². The first-order chi connectivity index (χ1) is 5.25. The van der Waals surface area contributed by atoms with E-state index < -0.39 is 5.97 Å². The maximum atomic E-state index is 10.9. The number of hydrogen-bond acceptors (Lipinski definition) is 3. The molecule has 0 bridgehead atoms. The number of methoxy groups -OCH3 is 1. The van der Waals surface area contributed by atoms with Gasteiger partial charge in [0.15, 0.2) is 0 Å². The van der Waals surface area contributed by atoms with Gasteiger partial charge in [0, 0.05) is 0 Å². The largest absolute Gasteiger partial charge is 1.00 e. The molecule has 1 rings (SSSR count). The Morgan fingerprint density at radius 3 is 2.58 bits per heavy atom. The van der Waals surface area contributed by atoms with Crippen LogP contribution in [0.25, 0.3) is 0 Å². The van der Waals surface area contributed by atoms with Crippen LogP contribution in [0, 0.1) is 0 Å². The predicted octanol–water partition coefficient (Wildman–Crippen LogP) is -1.70. The molecule has 0 heterocycles. The number of carbonyl (C=O) groups is 1. The van der Waals surface area contributed by atoms with Crippen molar-refractivity contribution in [2.24, 2.45) is 0 Å². The Labute approximate surface area is 94.1 Å². The first-order valence-electron chi connectivity index (χ1n) is 3.12. The quantitative estimate of drug-likeness (QED) is 0.409. The van der Waals surface area contributed by atoms with Crippen molar-refractivity contribution in [3.63, 3.8) is 0 Å². The van der Waals surface area contributed by atoms with Crippen LogP contribution in [0.2, 0.25) is 0 Å². The fourth-order valence-electron chi connectivity index (χ4n) is 0.756. The summed E-state index contributed by atoms with van der Waals surface area (Å²) in [5.74, 6) is -0.581. The molecule has 0 saturated carbocycles. The Morgan fingerprint density at radius 2 is 2.08 bits per heavy atom. The van der Waals surface area contributed by atoms with Gasteiger partial charge in [0.1, 0.15) is 11.3 Å². The van der Waals surface area contributed by atoms with Crippen LogP contribution in [-0.4, -0.2) is 18.2 Å². The number of aromatic hydroxyl groups is 1. The molecule has 4 heteroatoms. The van der Waals surface area contributed by atoms with Crippen LogP contribution in [0.15, 0.2) is 24.3 Å². The normalized spacial score (nSPS) is 8.42. The summed E-state index contributed by atoms with van der Waals surface area (Å²) in [5, 5.41) is 9.11. The molecule has 60 valence electrons. The summed E-state index contributed by atoms with van der Waals surface area (Å²) >= 11 is 0. The minimum Gasteiger partial charge on any atom is -1.00 e. The molecule has 0 aliphatic heterocycles. The van der Waals surface area contributed by atoms with Gasteiger partial charge in [-0.1, -0.05) is 12.1 Å². The molecule has 1 N–H and O–H groups in total. The van der Waals surface area contributed by atoms with Crippen molar-refractivity contribution in [3.05, 3.63) is 29.8 Å². The van der Waals surface area contributed by atoms with Crippen LogP contribution in [0.3, 0.4) is 0 Å². The van der Waals surface area contributed by atoms with E-state index in [4.69, 9.17) is 5.11 Å². The smallest absolute Gasteiger partial charge is 1.00 e. The van der Waals surface area contributed by atoms with Crippen LogP contribution < -0.4 is 29.6 Å². The van der Waals surface area contributed by atoms with E-state index in [-0.39, 0.29) is 42.3 Å². The third kappa shape index (κ3) is 2.52. The van der Waals surface area contributed by atoms with Crippen molar-refractivity contribution in [2.45, 2.75) is 0 Å². The number of phenols is 1. The number of benzene rings is 1. The number of esters is 1. The van der Waals surface area contributed by atoms with Crippen LogP contribution in [0.1, 0.15) is 11.8 Å². The standard InChI is InChI=1S/C8H8O3.Na.H/c1-11-8(10)6-4-2-3-5-7(6)9;;/h2-5,9H,1H3;;/q;+1;-1. The van der Waals surface area contributed by atoms with Gasteiger partial charge in [0.05, 0.1) is 7.11 Å². The van der Waals surface area contributed by atoms with Crippen molar-refractivity contribution in [3.8, 4) is 5.75 Å². The molecule has 0 radical (unpaired) electrons. The topological polar surface area (TPSA) is 46.5 Å². The van der Waals surface area contributed by atoms with E-state index >= 15 is 0 Å². The van der Waals surface area contributed by atoms with Crippen molar-refractivity contribution in [1.82, 2.24) is 0 Å². The molecular weight excluding hydrogens is 167 g/mol. The molecule has 0 unspecified atom stereocenters. The number of rotatable bonds is 1. The van der Waals surface area contributed by atoms with Gasteiger partial charge in [-0.3, -0.25) is 0 Å². The Kier molecular flexibility index (Phi) is 4.97. The monoisotopic (exact) mass is 176 g/mol. The van der Waals surface area contributed by atoms with Crippen molar-refractivity contribution in [1.29, 1.82) is 0 Å². The molecule has 1 aromatic rings. The Hall–Kier alpha value is -0.510. The fraction of sp³-hybridized carbons (Fsp3) is 0.125. The van der Waals surface area contributed by atoms with Gasteiger partial charge < -0.3 is 11.3 Å². The molecule has 0 amide bonds. The third-order valence-electron chi connectivity index (χ3n) is 1.31. The molecule has 0 aliphatic rings. The summed E-state index contributed by atoms with van der Waals surface area (Å²) < 4.78 is 4.42. The Morgan fingerprint density at radius 1 is 1.50 bits per heavy atom. The molecule has 12 heavy (non-hydrogen) atoms. The molecular formula is C8H9NaO3. The van der Waals surface area contributed by atoms with Crippen LogP contribution in [0.4, 0.5) is 0 Å². The van der Waals surface area contributed by atoms with E-state index in [0.717, 1.165) is 0 Å². The second kappa shape index (κ2) is 5.19. The van der Waals surface area contributed by atoms with Crippen molar-refractivity contribution >= 4 is 5.97 Å². The number of carbonyl (C=O) groups excluding carboxylic acids is 1. The number of hydrogen-bond donors (Lipinski definition) is 1. The average Bonchev–Trinajstić information content (AvgIpc) is 2.04. The van der Waals surface area contributed by atoms with Gasteiger partial charge in [-0.25, -0.2) is 4.79 Å². The molecule has 3 nitrogen and oxygen atoms in total. The van der Waals surface area contributed by atoms with E-state index in [2.05, 4.69) is 4.74 Å². The summed E-state index contributed by atoms with van der Waals surface area (Å²) in [5.41, 5.74) is 0.190. The molecule has 1 aromatic carbocycles. The molecule has 0 spiro atoms. The maximum Gasteiger partial charge on any atom is 1.00 e. The zero-order chi connectivity index (χ0) is 8.27. The van der Waals surface area contributed by atoms with Crippen molar-refractivity contribution in [2.75, 3.05) is 7.11 Å². The minimum absolute atomic E-state index is 0. The summed E-state index contributed by atoms with van der Waals surface area (Å²) in [6, 6.07) is 6.24. The van der Waals surface area contributed by atoms with E-state index in [9.17, 15) is 4.79 Å². The zero-order valence-corrected chi connectivity index (χ0v) is 9.07. The molecule has 0 atom stereocenters. The second-order valence-electron chi connectivity index (χ2n) is 2.01. The molecule has 0 fully saturated rings. The van der Waals surface area contributed by atoms with Gasteiger partial charge in [-0.05, 0) is 12.1 Å². The van der Waals surface area contributed by atoms with E-state index in [1.54, 1.807) is 12.1 Å². The summed E-state index contributed by atoms with van der Waals surface area (Å²) in [6.07, 6.45) is 0. The molecule has 0 saturated heterocycles. The predicted molar refractivity (Wildman–Crippen MR) is 40.6 cm³/mol. The summed E-state index contributed by atoms with van der Waals surface area (Å²) in [7, 11) is 1.27. The molecule has 0 aliphatic carbocycles.